The standard InChI is InChI=1S/C21H26N6O/c1-13(2)19-17(11-27-6-4-5-7-27)14(3)24-18(19)8-16-20(25-26-21(16)28)15-9-22-12-23-10-15/h8-10,12-13,24H,4-7,11H2,1-3H3,(H,26,28)/b16-8+. The van der Waals surface area contributed by atoms with Crippen molar-refractivity contribution in [3.8, 4) is 0 Å². The third kappa shape index (κ3) is 3.49. The number of aryl methyl sites for hydroxylation is 1. The lowest BCUT2D eigenvalue weighted by atomic mass is 9.95. The van der Waals surface area contributed by atoms with Crippen molar-refractivity contribution in [2.45, 2.75) is 46.1 Å². The van der Waals surface area contributed by atoms with Crippen LogP contribution in [-0.2, 0) is 11.3 Å². The summed E-state index contributed by atoms with van der Waals surface area (Å²) in [5, 5.41) is 4.20. The summed E-state index contributed by atoms with van der Waals surface area (Å²) < 4.78 is 0. The molecule has 2 aliphatic heterocycles. The summed E-state index contributed by atoms with van der Waals surface area (Å²) in [6, 6.07) is 0. The molecule has 2 aromatic heterocycles. The molecule has 0 saturated carbocycles. The van der Waals surface area contributed by atoms with Gasteiger partial charge in [0.25, 0.3) is 5.91 Å². The Morgan fingerprint density at radius 2 is 1.93 bits per heavy atom. The number of carbonyl (C=O) groups is 1. The first-order valence-electron chi connectivity index (χ1n) is 9.83. The van der Waals surface area contributed by atoms with E-state index < -0.39 is 0 Å². The van der Waals surface area contributed by atoms with Crippen molar-refractivity contribution in [2.75, 3.05) is 13.1 Å². The van der Waals surface area contributed by atoms with Gasteiger partial charge in [-0.1, -0.05) is 13.8 Å². The van der Waals surface area contributed by atoms with Crippen LogP contribution in [0.1, 0.15) is 60.7 Å². The normalized spacial score (nSPS) is 18.9. The van der Waals surface area contributed by atoms with E-state index >= 15 is 0 Å². The molecule has 1 amide bonds. The molecule has 7 heteroatoms. The lowest BCUT2D eigenvalue weighted by molar-refractivity contribution is -0.116. The second kappa shape index (κ2) is 7.67. The van der Waals surface area contributed by atoms with E-state index in [4.69, 9.17) is 0 Å². The first-order chi connectivity index (χ1) is 13.5. The minimum atomic E-state index is -0.207. The maximum absolute atomic E-state index is 12.5. The molecule has 0 aliphatic carbocycles. The molecule has 7 nitrogen and oxygen atoms in total. The van der Waals surface area contributed by atoms with Gasteiger partial charge in [-0.15, -0.1) is 0 Å². The monoisotopic (exact) mass is 378 g/mol. The number of aromatic nitrogens is 3. The van der Waals surface area contributed by atoms with E-state index in [0.717, 1.165) is 30.9 Å². The number of hydrogen-bond acceptors (Lipinski definition) is 5. The fourth-order valence-electron chi connectivity index (χ4n) is 4.11. The van der Waals surface area contributed by atoms with E-state index in [0.29, 0.717) is 17.2 Å². The van der Waals surface area contributed by atoms with Crippen LogP contribution in [0, 0.1) is 6.92 Å². The largest absolute Gasteiger partial charge is 0.359 e. The van der Waals surface area contributed by atoms with Crippen molar-refractivity contribution in [1.29, 1.82) is 0 Å². The maximum Gasteiger partial charge on any atom is 0.273 e. The molecule has 0 radical (unpaired) electrons. The van der Waals surface area contributed by atoms with E-state index in [1.807, 2.05) is 6.08 Å². The van der Waals surface area contributed by atoms with Crippen molar-refractivity contribution >= 4 is 17.7 Å². The van der Waals surface area contributed by atoms with Crippen molar-refractivity contribution in [3.63, 3.8) is 0 Å². The van der Waals surface area contributed by atoms with Crippen LogP contribution in [0.3, 0.4) is 0 Å². The first kappa shape index (κ1) is 18.6. The Bertz CT molecular complexity index is 935. The quantitative estimate of drug-likeness (QED) is 0.784. The molecule has 28 heavy (non-hydrogen) atoms. The molecule has 4 rings (SSSR count). The molecule has 0 unspecified atom stereocenters. The van der Waals surface area contributed by atoms with E-state index in [1.54, 1.807) is 12.4 Å². The van der Waals surface area contributed by atoms with Gasteiger partial charge in [-0.05, 0) is 56.0 Å². The molecule has 0 bridgehead atoms. The van der Waals surface area contributed by atoms with Crippen LogP contribution in [0.2, 0.25) is 0 Å². The fraction of sp³-hybridized carbons (Fsp3) is 0.429. The van der Waals surface area contributed by atoms with E-state index in [9.17, 15) is 4.79 Å². The zero-order valence-corrected chi connectivity index (χ0v) is 16.6. The molecule has 1 saturated heterocycles. The summed E-state index contributed by atoms with van der Waals surface area (Å²) in [7, 11) is 0. The molecule has 0 atom stereocenters. The minimum absolute atomic E-state index is 0.207. The highest BCUT2D eigenvalue weighted by Crippen LogP contribution is 2.31. The van der Waals surface area contributed by atoms with Crippen molar-refractivity contribution in [3.05, 3.63) is 52.4 Å². The molecule has 146 valence electrons. The van der Waals surface area contributed by atoms with Gasteiger partial charge in [0.1, 0.15) is 12.0 Å². The van der Waals surface area contributed by atoms with Gasteiger partial charge in [0.2, 0.25) is 0 Å². The predicted octanol–water partition coefficient (Wildman–Crippen LogP) is 2.75. The van der Waals surface area contributed by atoms with Crippen LogP contribution in [0.15, 0.2) is 29.4 Å². The molecule has 1 fully saturated rings. The van der Waals surface area contributed by atoms with Crippen LogP contribution >= 0.6 is 0 Å². The van der Waals surface area contributed by atoms with Crippen LogP contribution in [0.25, 0.3) is 6.08 Å². The summed E-state index contributed by atoms with van der Waals surface area (Å²) in [5.41, 5.74) is 9.18. The Balaban J connectivity index is 1.74. The second-order valence-corrected chi connectivity index (χ2v) is 7.78. The molecule has 2 aromatic rings. The van der Waals surface area contributed by atoms with Gasteiger partial charge >= 0.3 is 0 Å². The third-order valence-corrected chi connectivity index (χ3v) is 5.44. The van der Waals surface area contributed by atoms with Gasteiger partial charge in [-0.3, -0.25) is 9.69 Å². The Kier molecular flexibility index (Phi) is 5.09. The molecule has 2 aliphatic rings. The van der Waals surface area contributed by atoms with Crippen LogP contribution in [0.4, 0.5) is 0 Å². The topological polar surface area (TPSA) is 86.3 Å². The molecule has 4 heterocycles. The number of nitrogens with one attached hydrogen (secondary N) is 2. The van der Waals surface area contributed by atoms with Gasteiger partial charge < -0.3 is 4.98 Å². The number of nitrogens with zero attached hydrogens (tertiary/aromatic N) is 4. The van der Waals surface area contributed by atoms with E-state index in [-0.39, 0.29) is 5.91 Å². The van der Waals surface area contributed by atoms with Crippen LogP contribution in [-0.4, -0.2) is 44.6 Å². The Hall–Kier alpha value is -2.80. The van der Waals surface area contributed by atoms with Crippen LogP contribution in [0.5, 0.6) is 0 Å². The number of rotatable bonds is 5. The zero-order valence-electron chi connectivity index (χ0n) is 16.6. The number of hydrazone groups is 1. The number of H-pyrrole nitrogens is 1. The fourth-order valence-corrected chi connectivity index (χ4v) is 4.11. The molecular weight excluding hydrogens is 352 g/mol. The Morgan fingerprint density at radius 1 is 1.21 bits per heavy atom. The van der Waals surface area contributed by atoms with Crippen molar-refractivity contribution in [2.24, 2.45) is 5.10 Å². The Morgan fingerprint density at radius 3 is 2.61 bits per heavy atom. The number of aromatic amines is 1. The SMILES string of the molecule is Cc1[nH]c(/C=C2/C(=O)NN=C2c2cncnc2)c(C(C)C)c1CN1CCCC1. The van der Waals surface area contributed by atoms with Crippen LogP contribution < -0.4 is 5.43 Å². The summed E-state index contributed by atoms with van der Waals surface area (Å²) in [4.78, 5) is 26.6. The summed E-state index contributed by atoms with van der Waals surface area (Å²) >= 11 is 0. The lowest BCUT2D eigenvalue weighted by Gasteiger charge is -2.17. The molecule has 2 N–H and O–H groups in total. The predicted molar refractivity (Wildman–Crippen MR) is 109 cm³/mol. The highest BCUT2D eigenvalue weighted by atomic mass is 16.2. The average molecular weight is 378 g/mol. The summed E-state index contributed by atoms with van der Waals surface area (Å²) in [5.74, 6) is 0.140. The van der Waals surface area contributed by atoms with E-state index in [1.165, 1.54) is 36.0 Å². The number of hydrogen-bond donors (Lipinski definition) is 2. The van der Waals surface area contributed by atoms with Gasteiger partial charge in [-0.25, -0.2) is 15.4 Å². The molecule has 0 aromatic carbocycles. The molecule has 0 spiro atoms. The molecular formula is C21H26N6O. The van der Waals surface area contributed by atoms with Gasteiger partial charge in [-0.2, -0.15) is 5.10 Å². The highest BCUT2D eigenvalue weighted by molar-refractivity contribution is 6.33. The first-order valence-corrected chi connectivity index (χ1v) is 9.83. The zero-order chi connectivity index (χ0) is 19.7. The summed E-state index contributed by atoms with van der Waals surface area (Å²) in [6.07, 6.45) is 9.27. The Labute approximate surface area is 165 Å². The highest BCUT2D eigenvalue weighted by Gasteiger charge is 2.27. The van der Waals surface area contributed by atoms with Crippen molar-refractivity contribution < 1.29 is 4.79 Å². The number of amides is 1. The minimum Gasteiger partial charge on any atom is -0.359 e. The smallest absolute Gasteiger partial charge is 0.273 e. The van der Waals surface area contributed by atoms with Gasteiger partial charge in [0, 0.05) is 35.9 Å². The second-order valence-electron chi connectivity index (χ2n) is 7.78. The summed E-state index contributed by atoms with van der Waals surface area (Å²) in [6.45, 7) is 9.80. The maximum atomic E-state index is 12.5. The lowest BCUT2D eigenvalue weighted by Crippen LogP contribution is -2.19. The number of likely N-dealkylation sites (tertiary alicyclic amines) is 1. The van der Waals surface area contributed by atoms with E-state index in [2.05, 4.69) is 51.2 Å². The van der Waals surface area contributed by atoms with Crippen molar-refractivity contribution in [1.82, 2.24) is 25.3 Å². The van der Waals surface area contributed by atoms with Gasteiger partial charge in [0.05, 0.1) is 5.57 Å². The average Bonchev–Trinajstić information content (AvgIpc) is 3.38. The third-order valence-electron chi connectivity index (χ3n) is 5.44. The number of carbonyl (C=O) groups excluding carboxylic acids is 1. The van der Waals surface area contributed by atoms with Gasteiger partial charge in [0.15, 0.2) is 0 Å².